The van der Waals surface area contributed by atoms with Crippen LogP contribution in [0.5, 0.6) is 0 Å². The van der Waals surface area contributed by atoms with Crippen LogP contribution in [0.2, 0.25) is 4.34 Å². The molecule has 1 aliphatic rings. The van der Waals surface area contributed by atoms with E-state index in [-0.39, 0.29) is 6.10 Å². The molecule has 1 N–H and O–H groups in total. The zero-order valence-corrected chi connectivity index (χ0v) is 10.8. The van der Waals surface area contributed by atoms with Gasteiger partial charge in [-0.25, -0.2) is 0 Å². The Hall–Kier alpha value is -0.0900. The van der Waals surface area contributed by atoms with Crippen molar-refractivity contribution in [2.45, 2.75) is 44.3 Å². The summed E-state index contributed by atoms with van der Waals surface area (Å²) in [5.74, 6) is 0. The molecule has 0 radical (unpaired) electrons. The third-order valence-electron chi connectivity index (χ3n) is 2.96. The van der Waals surface area contributed by atoms with E-state index in [4.69, 9.17) is 16.3 Å². The Morgan fingerprint density at radius 3 is 3.00 bits per heavy atom. The molecule has 2 heterocycles. The predicted octanol–water partition coefficient (Wildman–Crippen LogP) is 3.78. The molecule has 0 aromatic carbocycles. The fraction of sp³-hybridized carbons (Fsp3) is 0.667. The van der Waals surface area contributed by atoms with E-state index in [2.05, 4.69) is 0 Å². The highest BCUT2D eigenvalue weighted by molar-refractivity contribution is 7.16. The van der Waals surface area contributed by atoms with Gasteiger partial charge in [-0.3, -0.25) is 0 Å². The van der Waals surface area contributed by atoms with Crippen LogP contribution in [0.15, 0.2) is 12.1 Å². The quantitative estimate of drug-likeness (QED) is 0.893. The molecule has 1 aromatic rings. The second-order valence-corrected chi connectivity index (χ2v) is 5.97. The molecule has 1 fully saturated rings. The van der Waals surface area contributed by atoms with E-state index < -0.39 is 0 Å². The summed E-state index contributed by atoms with van der Waals surface area (Å²) in [6, 6.07) is 3.74. The van der Waals surface area contributed by atoms with Crippen LogP contribution >= 0.6 is 22.9 Å². The number of hydrogen-bond acceptors (Lipinski definition) is 3. The topological polar surface area (TPSA) is 29.5 Å². The largest absolute Gasteiger partial charge is 0.388 e. The van der Waals surface area contributed by atoms with Crippen LogP contribution in [-0.4, -0.2) is 17.8 Å². The van der Waals surface area contributed by atoms with Gasteiger partial charge in [-0.05, 0) is 44.2 Å². The van der Waals surface area contributed by atoms with Crippen molar-refractivity contribution in [3.8, 4) is 0 Å². The van der Waals surface area contributed by atoms with Gasteiger partial charge < -0.3 is 9.84 Å². The molecule has 0 aliphatic carbocycles. The normalized spacial score (nSPS) is 23.2. The lowest BCUT2D eigenvalue weighted by Crippen LogP contribution is -2.19. The third-order valence-corrected chi connectivity index (χ3v) is 4.29. The lowest BCUT2D eigenvalue weighted by molar-refractivity contribution is 0.00236. The Balaban J connectivity index is 1.76. The van der Waals surface area contributed by atoms with Gasteiger partial charge in [0, 0.05) is 11.5 Å². The van der Waals surface area contributed by atoms with Crippen molar-refractivity contribution in [1.29, 1.82) is 0 Å². The summed E-state index contributed by atoms with van der Waals surface area (Å²) in [6.07, 6.45) is 5.24. The van der Waals surface area contributed by atoms with E-state index in [1.807, 2.05) is 12.1 Å². The second-order valence-electron chi connectivity index (χ2n) is 4.22. The molecule has 4 heteroatoms. The van der Waals surface area contributed by atoms with Crippen molar-refractivity contribution in [3.05, 3.63) is 21.3 Å². The van der Waals surface area contributed by atoms with Crippen LogP contribution in [0.1, 0.15) is 43.1 Å². The molecular weight excluding hydrogens is 244 g/mol. The Morgan fingerprint density at radius 2 is 2.38 bits per heavy atom. The van der Waals surface area contributed by atoms with Gasteiger partial charge in [0.25, 0.3) is 0 Å². The third kappa shape index (κ3) is 3.45. The molecule has 2 nitrogen and oxygen atoms in total. The van der Waals surface area contributed by atoms with E-state index in [1.165, 1.54) is 24.2 Å². The zero-order chi connectivity index (χ0) is 11.4. The van der Waals surface area contributed by atoms with Gasteiger partial charge in [0.2, 0.25) is 0 Å². The average molecular weight is 261 g/mol. The van der Waals surface area contributed by atoms with Crippen molar-refractivity contribution < 1.29 is 9.84 Å². The number of hydrogen-bond donors (Lipinski definition) is 1. The molecule has 1 aliphatic heterocycles. The van der Waals surface area contributed by atoms with Gasteiger partial charge in [0.15, 0.2) is 0 Å². The average Bonchev–Trinajstić information content (AvgIpc) is 2.74. The Bertz CT molecular complexity index is 321. The highest BCUT2D eigenvalue weighted by Gasteiger charge is 2.17. The zero-order valence-electron chi connectivity index (χ0n) is 9.19. The minimum absolute atomic E-state index is 0.346. The summed E-state index contributed by atoms with van der Waals surface area (Å²) < 4.78 is 6.37. The van der Waals surface area contributed by atoms with Gasteiger partial charge in [0.05, 0.1) is 16.5 Å². The maximum absolute atomic E-state index is 9.96. The summed E-state index contributed by atoms with van der Waals surface area (Å²) in [5.41, 5.74) is 0. The standard InChI is InChI=1S/C12H17ClO2S/c13-12-7-6-11(16-12)10(14)5-4-9-3-1-2-8-15-9/h6-7,9-10,14H,1-5,8H2. The molecular formula is C12H17ClO2S. The number of ether oxygens (including phenoxy) is 1. The number of rotatable bonds is 4. The maximum atomic E-state index is 9.96. The van der Waals surface area contributed by atoms with Crippen LogP contribution in [0.4, 0.5) is 0 Å². The fourth-order valence-electron chi connectivity index (χ4n) is 2.03. The summed E-state index contributed by atoms with van der Waals surface area (Å²) in [4.78, 5) is 0.959. The first kappa shape index (κ1) is 12.4. The van der Waals surface area contributed by atoms with Crippen LogP contribution in [-0.2, 0) is 4.74 Å². The Morgan fingerprint density at radius 1 is 1.50 bits per heavy atom. The highest BCUT2D eigenvalue weighted by Crippen LogP contribution is 2.30. The summed E-state index contributed by atoms with van der Waals surface area (Å²) in [6.45, 7) is 0.881. The molecule has 0 bridgehead atoms. The van der Waals surface area contributed by atoms with Gasteiger partial charge in [0.1, 0.15) is 0 Å². The van der Waals surface area contributed by atoms with Crippen molar-refractivity contribution in [3.63, 3.8) is 0 Å². The first-order valence-electron chi connectivity index (χ1n) is 5.80. The minimum Gasteiger partial charge on any atom is -0.388 e. The smallest absolute Gasteiger partial charge is 0.0932 e. The van der Waals surface area contributed by atoms with E-state index in [9.17, 15) is 5.11 Å². The second kappa shape index (κ2) is 6.01. The molecule has 0 amide bonds. The van der Waals surface area contributed by atoms with Crippen molar-refractivity contribution >= 4 is 22.9 Å². The maximum Gasteiger partial charge on any atom is 0.0932 e. The summed E-state index contributed by atoms with van der Waals surface area (Å²) in [7, 11) is 0. The van der Waals surface area contributed by atoms with Gasteiger partial charge in [-0.2, -0.15) is 0 Å². The molecule has 1 aromatic heterocycles. The van der Waals surface area contributed by atoms with Crippen LogP contribution in [0, 0.1) is 0 Å². The molecule has 90 valence electrons. The van der Waals surface area contributed by atoms with Gasteiger partial charge in [-0.15, -0.1) is 11.3 Å². The molecule has 2 rings (SSSR count). The van der Waals surface area contributed by atoms with Gasteiger partial charge in [-0.1, -0.05) is 11.6 Å². The molecule has 2 atom stereocenters. The Labute approximate surface area is 105 Å². The van der Waals surface area contributed by atoms with Crippen molar-refractivity contribution in [2.75, 3.05) is 6.61 Å². The predicted molar refractivity (Wildman–Crippen MR) is 67.1 cm³/mol. The number of aliphatic hydroxyl groups is 1. The van der Waals surface area contributed by atoms with Crippen LogP contribution in [0.3, 0.4) is 0 Å². The molecule has 1 saturated heterocycles. The summed E-state index contributed by atoms with van der Waals surface area (Å²) in [5, 5.41) is 9.96. The number of halogens is 1. The number of aliphatic hydroxyl groups excluding tert-OH is 1. The van der Waals surface area contributed by atoms with Crippen molar-refractivity contribution in [1.82, 2.24) is 0 Å². The molecule has 2 unspecified atom stereocenters. The molecule has 0 spiro atoms. The first-order valence-corrected chi connectivity index (χ1v) is 7.00. The van der Waals surface area contributed by atoms with Crippen molar-refractivity contribution in [2.24, 2.45) is 0 Å². The minimum atomic E-state index is -0.386. The monoisotopic (exact) mass is 260 g/mol. The highest BCUT2D eigenvalue weighted by atomic mass is 35.5. The molecule has 0 saturated carbocycles. The lowest BCUT2D eigenvalue weighted by atomic mass is 10.0. The Kier molecular flexibility index (Phi) is 4.65. The summed E-state index contributed by atoms with van der Waals surface area (Å²) >= 11 is 7.29. The molecule has 16 heavy (non-hydrogen) atoms. The number of thiophene rings is 1. The first-order chi connectivity index (χ1) is 7.75. The van der Waals surface area contributed by atoms with Gasteiger partial charge >= 0.3 is 0 Å². The fourth-order valence-corrected chi connectivity index (χ4v) is 3.11. The van der Waals surface area contributed by atoms with E-state index in [1.54, 1.807) is 0 Å². The van der Waals surface area contributed by atoms with E-state index in [0.29, 0.717) is 6.10 Å². The van der Waals surface area contributed by atoms with E-state index >= 15 is 0 Å². The SMILES string of the molecule is OC(CCC1CCCCO1)c1ccc(Cl)s1. The lowest BCUT2D eigenvalue weighted by Gasteiger charge is -2.23. The van der Waals surface area contributed by atoms with Crippen LogP contribution in [0.25, 0.3) is 0 Å². The van der Waals surface area contributed by atoms with E-state index in [0.717, 1.165) is 35.1 Å². The van der Waals surface area contributed by atoms with Crippen LogP contribution < -0.4 is 0 Å².